The highest BCUT2D eigenvalue weighted by Crippen LogP contribution is 2.18. The summed E-state index contributed by atoms with van der Waals surface area (Å²) < 4.78 is 38.6. The van der Waals surface area contributed by atoms with Crippen LogP contribution in [0.4, 0.5) is 8.78 Å². The topological polar surface area (TPSA) is 46.1 Å². The number of rotatable bonds is 5. The van der Waals surface area contributed by atoms with Crippen molar-refractivity contribution >= 4 is 29.9 Å². The van der Waals surface area contributed by atoms with Crippen LogP contribution in [0.1, 0.15) is 31.2 Å². The number of likely N-dealkylation sites (tertiary alicyclic amines) is 1. The number of nitrogens with one attached hydrogen (secondary N) is 1. The Hall–Kier alpha value is -1.00. The molecule has 2 aliphatic heterocycles. The second kappa shape index (κ2) is 11.1. The number of aliphatic imine (C=N–C) groups is 1. The van der Waals surface area contributed by atoms with Gasteiger partial charge >= 0.3 is 0 Å². The number of nitrogens with zero attached hydrogens (tertiary/aromatic N) is 2. The van der Waals surface area contributed by atoms with Gasteiger partial charge in [0.2, 0.25) is 0 Å². The summed E-state index contributed by atoms with van der Waals surface area (Å²) in [5, 5.41) is 3.12. The molecule has 1 N–H and O–H groups in total. The predicted molar refractivity (Wildman–Crippen MR) is 111 cm³/mol. The van der Waals surface area contributed by atoms with Crippen molar-refractivity contribution in [3.63, 3.8) is 0 Å². The molecular formula is C19H28F2IN3O2. The minimum atomic E-state index is -0.442. The SMILES string of the molecule is CN=C(NCc1cc(F)ccc1F)N1CCC(OCC2CCCO2)CC1.I. The number of benzene rings is 1. The number of piperidine rings is 1. The van der Waals surface area contributed by atoms with Crippen molar-refractivity contribution in [2.24, 2.45) is 4.99 Å². The minimum Gasteiger partial charge on any atom is -0.376 e. The zero-order chi connectivity index (χ0) is 18.4. The van der Waals surface area contributed by atoms with Gasteiger partial charge in [-0.25, -0.2) is 8.78 Å². The van der Waals surface area contributed by atoms with Crippen molar-refractivity contribution in [2.45, 2.75) is 44.4 Å². The molecule has 1 aromatic carbocycles. The van der Waals surface area contributed by atoms with E-state index in [1.165, 1.54) is 6.07 Å². The molecule has 2 fully saturated rings. The van der Waals surface area contributed by atoms with Crippen LogP contribution in [-0.4, -0.2) is 56.4 Å². The molecule has 3 rings (SSSR count). The molecule has 1 atom stereocenters. The van der Waals surface area contributed by atoms with E-state index >= 15 is 0 Å². The second-order valence-electron chi connectivity index (χ2n) is 6.79. The van der Waals surface area contributed by atoms with Gasteiger partial charge in [-0.15, -0.1) is 24.0 Å². The standard InChI is InChI=1S/C19H27F2N3O2.HI/c1-22-19(23-12-14-11-15(20)4-5-18(14)21)24-8-6-16(7-9-24)26-13-17-3-2-10-25-17;/h4-5,11,16-17H,2-3,6-10,12-13H2,1H3,(H,22,23);1H. The van der Waals surface area contributed by atoms with Crippen molar-refractivity contribution in [1.82, 2.24) is 10.2 Å². The number of hydrogen-bond acceptors (Lipinski definition) is 3. The van der Waals surface area contributed by atoms with Gasteiger partial charge in [0.1, 0.15) is 11.6 Å². The first kappa shape index (κ1) is 22.3. The minimum absolute atomic E-state index is 0. The largest absolute Gasteiger partial charge is 0.376 e. The highest BCUT2D eigenvalue weighted by molar-refractivity contribution is 14.0. The number of ether oxygens (including phenoxy) is 2. The molecule has 0 amide bonds. The third kappa shape index (κ3) is 6.53. The Bertz CT molecular complexity index is 619. The fourth-order valence-corrected chi connectivity index (χ4v) is 3.44. The van der Waals surface area contributed by atoms with Crippen LogP contribution in [-0.2, 0) is 16.0 Å². The van der Waals surface area contributed by atoms with E-state index in [-0.39, 0.29) is 42.7 Å². The van der Waals surface area contributed by atoms with E-state index in [1.54, 1.807) is 7.05 Å². The summed E-state index contributed by atoms with van der Waals surface area (Å²) in [6.45, 7) is 3.37. The molecule has 0 bridgehead atoms. The summed E-state index contributed by atoms with van der Waals surface area (Å²) in [6.07, 6.45) is 4.55. The highest BCUT2D eigenvalue weighted by Gasteiger charge is 2.24. The van der Waals surface area contributed by atoms with E-state index in [9.17, 15) is 8.78 Å². The Morgan fingerprint density at radius 1 is 1.30 bits per heavy atom. The molecule has 8 heteroatoms. The molecular weight excluding hydrogens is 467 g/mol. The van der Waals surface area contributed by atoms with Crippen LogP contribution in [0, 0.1) is 11.6 Å². The van der Waals surface area contributed by atoms with Crippen molar-refractivity contribution in [3.05, 3.63) is 35.4 Å². The third-order valence-electron chi connectivity index (χ3n) is 4.94. The maximum Gasteiger partial charge on any atom is 0.193 e. The average molecular weight is 495 g/mol. The number of guanidine groups is 1. The van der Waals surface area contributed by atoms with Crippen molar-refractivity contribution in [2.75, 3.05) is 33.4 Å². The molecule has 2 saturated heterocycles. The molecule has 0 aromatic heterocycles. The van der Waals surface area contributed by atoms with Gasteiger partial charge in [0.15, 0.2) is 5.96 Å². The lowest BCUT2D eigenvalue weighted by Crippen LogP contribution is -2.47. The van der Waals surface area contributed by atoms with Crippen LogP contribution in [0.2, 0.25) is 0 Å². The molecule has 27 heavy (non-hydrogen) atoms. The van der Waals surface area contributed by atoms with Crippen LogP contribution in [0.3, 0.4) is 0 Å². The van der Waals surface area contributed by atoms with Gasteiger partial charge in [-0.1, -0.05) is 0 Å². The van der Waals surface area contributed by atoms with E-state index in [2.05, 4.69) is 15.2 Å². The Balaban J connectivity index is 0.00000261. The van der Waals surface area contributed by atoms with Gasteiger partial charge in [0.05, 0.1) is 18.8 Å². The van der Waals surface area contributed by atoms with Crippen molar-refractivity contribution < 1.29 is 18.3 Å². The summed E-state index contributed by atoms with van der Waals surface area (Å²) >= 11 is 0. The predicted octanol–water partition coefficient (Wildman–Crippen LogP) is 3.32. The molecule has 1 unspecified atom stereocenters. The van der Waals surface area contributed by atoms with Crippen molar-refractivity contribution in [1.29, 1.82) is 0 Å². The second-order valence-corrected chi connectivity index (χ2v) is 6.79. The normalized spacial score (nSPS) is 21.2. The first-order valence-corrected chi connectivity index (χ1v) is 9.28. The van der Waals surface area contributed by atoms with E-state index in [0.29, 0.717) is 18.1 Å². The van der Waals surface area contributed by atoms with Crippen LogP contribution < -0.4 is 5.32 Å². The van der Waals surface area contributed by atoms with Gasteiger partial charge in [-0.3, -0.25) is 4.99 Å². The molecule has 5 nitrogen and oxygen atoms in total. The zero-order valence-electron chi connectivity index (χ0n) is 15.6. The molecule has 2 heterocycles. The van der Waals surface area contributed by atoms with Crippen molar-refractivity contribution in [3.8, 4) is 0 Å². The lowest BCUT2D eigenvalue weighted by molar-refractivity contribution is -0.0367. The van der Waals surface area contributed by atoms with E-state index < -0.39 is 11.6 Å². The van der Waals surface area contributed by atoms with Gasteiger partial charge in [-0.05, 0) is 43.9 Å². The lowest BCUT2D eigenvalue weighted by atomic mass is 10.1. The Morgan fingerprint density at radius 2 is 2.07 bits per heavy atom. The summed E-state index contributed by atoms with van der Waals surface area (Å²) in [4.78, 5) is 6.40. The lowest BCUT2D eigenvalue weighted by Gasteiger charge is -2.34. The molecule has 1 aromatic rings. The summed E-state index contributed by atoms with van der Waals surface area (Å²) in [5.41, 5.74) is 0.293. The molecule has 0 spiro atoms. The third-order valence-corrected chi connectivity index (χ3v) is 4.94. The maximum atomic E-state index is 13.7. The van der Waals surface area contributed by atoms with Crippen LogP contribution in [0.25, 0.3) is 0 Å². The molecule has 0 aliphatic carbocycles. The zero-order valence-corrected chi connectivity index (χ0v) is 18.0. The Labute approximate surface area is 176 Å². The van der Waals surface area contributed by atoms with E-state index in [4.69, 9.17) is 9.47 Å². The Kier molecular flexibility index (Phi) is 9.17. The van der Waals surface area contributed by atoms with Crippen LogP contribution >= 0.6 is 24.0 Å². The van der Waals surface area contributed by atoms with Crippen LogP contribution in [0.5, 0.6) is 0 Å². The summed E-state index contributed by atoms with van der Waals surface area (Å²) in [5.74, 6) is -0.163. The van der Waals surface area contributed by atoms with Crippen LogP contribution in [0.15, 0.2) is 23.2 Å². The fraction of sp³-hybridized carbons (Fsp3) is 0.632. The molecule has 0 saturated carbocycles. The first-order valence-electron chi connectivity index (χ1n) is 9.28. The average Bonchev–Trinajstić information content (AvgIpc) is 3.18. The Morgan fingerprint density at radius 3 is 2.74 bits per heavy atom. The van der Waals surface area contributed by atoms with Gasteiger partial charge < -0.3 is 19.7 Å². The maximum absolute atomic E-state index is 13.7. The molecule has 152 valence electrons. The monoisotopic (exact) mass is 495 g/mol. The molecule has 2 aliphatic rings. The number of hydrogen-bond donors (Lipinski definition) is 1. The van der Waals surface area contributed by atoms with Gasteiger partial charge in [0, 0.05) is 38.9 Å². The quantitative estimate of drug-likeness (QED) is 0.387. The first-order chi connectivity index (χ1) is 12.7. The summed E-state index contributed by atoms with van der Waals surface area (Å²) in [6, 6.07) is 3.47. The molecule has 0 radical (unpaired) electrons. The van der Waals surface area contributed by atoms with Gasteiger partial charge in [0.25, 0.3) is 0 Å². The van der Waals surface area contributed by atoms with E-state index in [0.717, 1.165) is 57.5 Å². The van der Waals surface area contributed by atoms with E-state index in [1.807, 2.05) is 0 Å². The fourth-order valence-electron chi connectivity index (χ4n) is 3.44. The number of halogens is 3. The van der Waals surface area contributed by atoms with Gasteiger partial charge in [-0.2, -0.15) is 0 Å². The summed E-state index contributed by atoms with van der Waals surface area (Å²) in [7, 11) is 1.70. The highest BCUT2D eigenvalue weighted by atomic mass is 127. The smallest absolute Gasteiger partial charge is 0.193 e.